The van der Waals surface area contributed by atoms with E-state index in [1.54, 1.807) is 21.9 Å². The van der Waals surface area contributed by atoms with Crippen molar-refractivity contribution in [1.29, 1.82) is 0 Å². The fourth-order valence-corrected chi connectivity index (χ4v) is 3.89. The van der Waals surface area contributed by atoms with Crippen LogP contribution in [-0.4, -0.2) is 36.3 Å². The molecule has 0 N–H and O–H groups in total. The number of benzene rings is 1. The Bertz CT molecular complexity index is 1140. The van der Waals surface area contributed by atoms with E-state index in [1.165, 1.54) is 30.0 Å². The molecule has 10 heteroatoms. The Morgan fingerprint density at radius 1 is 1.19 bits per heavy atom. The van der Waals surface area contributed by atoms with Gasteiger partial charge in [0.1, 0.15) is 5.69 Å². The van der Waals surface area contributed by atoms with Gasteiger partial charge in [-0.25, -0.2) is 0 Å². The molecule has 0 spiro atoms. The van der Waals surface area contributed by atoms with Gasteiger partial charge in [-0.15, -0.1) is 21.5 Å². The molecule has 0 fully saturated rings. The zero-order chi connectivity index (χ0) is 18.8. The quantitative estimate of drug-likeness (QED) is 0.211. The number of nitro benzene ring substituents is 1. The van der Waals surface area contributed by atoms with Crippen LogP contribution in [0.2, 0.25) is 0 Å². The molecular weight excluding hydrogens is 386 g/mol. The van der Waals surface area contributed by atoms with E-state index in [1.807, 2.05) is 29.6 Å². The predicted octanol–water partition coefficient (Wildman–Crippen LogP) is 3.74. The van der Waals surface area contributed by atoms with Crippen molar-refractivity contribution in [2.45, 2.75) is 5.16 Å². The highest BCUT2D eigenvalue weighted by atomic mass is 32.2. The second-order valence-electron chi connectivity index (χ2n) is 5.47. The van der Waals surface area contributed by atoms with Gasteiger partial charge in [-0.2, -0.15) is 9.61 Å². The SMILES string of the molecule is O=C(CSc1nnc2ccc(-c3cccs3)nn12)c1cccc([N+](=O)[O-])c1. The zero-order valence-corrected chi connectivity index (χ0v) is 15.3. The highest BCUT2D eigenvalue weighted by molar-refractivity contribution is 7.99. The van der Waals surface area contributed by atoms with E-state index in [2.05, 4.69) is 15.3 Å². The third-order valence-electron chi connectivity index (χ3n) is 3.72. The molecule has 3 aromatic heterocycles. The number of carbonyl (C=O) groups excluding carboxylic acids is 1. The number of Topliss-reactive ketones (excluding diaryl/α,β-unsaturated/α-hetero) is 1. The van der Waals surface area contributed by atoms with Gasteiger partial charge in [0.2, 0.25) is 5.16 Å². The van der Waals surface area contributed by atoms with Gasteiger partial charge in [-0.05, 0) is 23.6 Å². The summed E-state index contributed by atoms with van der Waals surface area (Å²) in [4.78, 5) is 23.7. The number of hydrogen-bond acceptors (Lipinski definition) is 8. The Hall–Kier alpha value is -3.11. The third-order valence-corrected chi connectivity index (χ3v) is 5.53. The lowest BCUT2D eigenvalue weighted by atomic mass is 10.1. The molecule has 0 aliphatic rings. The monoisotopic (exact) mass is 397 g/mol. The molecule has 0 amide bonds. The Morgan fingerprint density at radius 2 is 2.07 bits per heavy atom. The molecule has 0 saturated carbocycles. The molecule has 27 heavy (non-hydrogen) atoms. The first-order valence-corrected chi connectivity index (χ1v) is 9.65. The van der Waals surface area contributed by atoms with E-state index in [0.717, 1.165) is 10.6 Å². The number of non-ortho nitro benzene ring substituents is 1. The first kappa shape index (κ1) is 17.3. The Balaban J connectivity index is 1.55. The Labute approximate surface area is 161 Å². The molecule has 134 valence electrons. The number of carbonyl (C=O) groups is 1. The number of rotatable bonds is 6. The number of aromatic nitrogens is 4. The maximum absolute atomic E-state index is 12.4. The Kier molecular flexibility index (Phi) is 4.65. The average Bonchev–Trinajstić information content (AvgIpc) is 3.35. The van der Waals surface area contributed by atoms with Crippen molar-refractivity contribution in [3.63, 3.8) is 0 Å². The minimum absolute atomic E-state index is 0.0763. The van der Waals surface area contributed by atoms with Crippen molar-refractivity contribution in [3.8, 4) is 10.6 Å². The molecule has 8 nitrogen and oxygen atoms in total. The largest absolute Gasteiger partial charge is 0.293 e. The van der Waals surface area contributed by atoms with Crippen LogP contribution in [0.1, 0.15) is 10.4 Å². The second kappa shape index (κ2) is 7.25. The molecule has 4 aromatic rings. The minimum atomic E-state index is -0.522. The fraction of sp³-hybridized carbons (Fsp3) is 0.0588. The van der Waals surface area contributed by atoms with Crippen LogP contribution >= 0.6 is 23.1 Å². The van der Waals surface area contributed by atoms with Crippen molar-refractivity contribution in [2.24, 2.45) is 0 Å². The van der Waals surface area contributed by atoms with Crippen molar-refractivity contribution in [1.82, 2.24) is 19.8 Å². The molecule has 0 aliphatic carbocycles. The number of thiophene rings is 1. The molecule has 0 bridgehead atoms. The molecule has 0 radical (unpaired) electrons. The van der Waals surface area contributed by atoms with Gasteiger partial charge in [0.15, 0.2) is 11.4 Å². The van der Waals surface area contributed by atoms with Gasteiger partial charge in [0.25, 0.3) is 5.69 Å². The van der Waals surface area contributed by atoms with Crippen LogP contribution in [-0.2, 0) is 0 Å². The summed E-state index contributed by atoms with van der Waals surface area (Å²) in [5.74, 6) is -0.151. The molecule has 1 aromatic carbocycles. The van der Waals surface area contributed by atoms with Gasteiger partial charge >= 0.3 is 0 Å². The van der Waals surface area contributed by atoms with E-state index >= 15 is 0 Å². The van der Waals surface area contributed by atoms with E-state index < -0.39 is 4.92 Å². The van der Waals surface area contributed by atoms with E-state index in [4.69, 9.17) is 0 Å². The van der Waals surface area contributed by atoms with Gasteiger partial charge in [-0.3, -0.25) is 14.9 Å². The second-order valence-corrected chi connectivity index (χ2v) is 7.36. The summed E-state index contributed by atoms with van der Waals surface area (Å²) in [6.07, 6.45) is 0. The maximum atomic E-state index is 12.4. The van der Waals surface area contributed by atoms with E-state index in [-0.39, 0.29) is 22.8 Å². The van der Waals surface area contributed by atoms with Crippen LogP contribution in [0.25, 0.3) is 16.2 Å². The van der Waals surface area contributed by atoms with Crippen molar-refractivity contribution >= 4 is 40.2 Å². The Morgan fingerprint density at radius 3 is 2.85 bits per heavy atom. The summed E-state index contributed by atoms with van der Waals surface area (Å²) in [7, 11) is 0. The van der Waals surface area contributed by atoms with E-state index in [9.17, 15) is 14.9 Å². The summed E-state index contributed by atoms with van der Waals surface area (Å²) < 4.78 is 1.60. The number of ketones is 1. The molecule has 0 unspecified atom stereocenters. The lowest BCUT2D eigenvalue weighted by molar-refractivity contribution is -0.384. The summed E-state index contributed by atoms with van der Waals surface area (Å²) in [5, 5.41) is 26.0. The summed E-state index contributed by atoms with van der Waals surface area (Å²) in [6, 6.07) is 13.3. The smallest absolute Gasteiger partial charge is 0.270 e. The standard InChI is InChI=1S/C17H11N5O3S2/c23-14(11-3-1-4-12(9-11)22(24)25)10-27-17-19-18-16-7-6-13(20-21(16)17)15-5-2-8-26-15/h1-9H,10H2. The van der Waals surface area contributed by atoms with Crippen LogP contribution in [0.5, 0.6) is 0 Å². The van der Waals surface area contributed by atoms with Crippen molar-refractivity contribution in [3.05, 3.63) is 69.6 Å². The van der Waals surface area contributed by atoms with Gasteiger partial charge in [0.05, 0.1) is 15.6 Å². The lowest BCUT2D eigenvalue weighted by Gasteiger charge is -2.02. The fourth-order valence-electron chi connectivity index (χ4n) is 2.42. The van der Waals surface area contributed by atoms with Crippen molar-refractivity contribution < 1.29 is 9.72 Å². The minimum Gasteiger partial charge on any atom is -0.293 e. The first-order chi connectivity index (χ1) is 13.1. The highest BCUT2D eigenvalue weighted by Crippen LogP contribution is 2.24. The number of thioether (sulfide) groups is 1. The van der Waals surface area contributed by atoms with E-state index in [0.29, 0.717) is 10.8 Å². The molecule has 0 atom stereocenters. The topological polar surface area (TPSA) is 103 Å². The van der Waals surface area contributed by atoms with Gasteiger partial charge < -0.3 is 0 Å². The first-order valence-electron chi connectivity index (χ1n) is 7.78. The molecular formula is C17H11N5O3S2. The summed E-state index contributed by atoms with van der Waals surface area (Å²) >= 11 is 2.77. The van der Waals surface area contributed by atoms with Crippen LogP contribution < -0.4 is 0 Å². The highest BCUT2D eigenvalue weighted by Gasteiger charge is 2.15. The van der Waals surface area contributed by atoms with Gasteiger partial charge in [0, 0.05) is 17.7 Å². The van der Waals surface area contributed by atoms with Gasteiger partial charge in [-0.1, -0.05) is 30.0 Å². The summed E-state index contributed by atoms with van der Waals surface area (Å²) in [6.45, 7) is 0. The number of hydrogen-bond donors (Lipinski definition) is 0. The summed E-state index contributed by atoms with van der Waals surface area (Å²) in [5.41, 5.74) is 1.56. The molecule has 0 aliphatic heterocycles. The number of fused-ring (bicyclic) bond motifs is 1. The predicted molar refractivity (Wildman–Crippen MR) is 102 cm³/mol. The third kappa shape index (κ3) is 3.57. The zero-order valence-electron chi connectivity index (χ0n) is 13.7. The van der Waals surface area contributed by atoms with Crippen LogP contribution in [0, 0.1) is 10.1 Å². The maximum Gasteiger partial charge on any atom is 0.270 e. The molecule has 3 heterocycles. The molecule has 0 saturated heterocycles. The van der Waals surface area contributed by atoms with Crippen LogP contribution in [0.4, 0.5) is 5.69 Å². The lowest BCUT2D eigenvalue weighted by Crippen LogP contribution is -2.04. The molecule has 4 rings (SSSR count). The number of nitrogens with zero attached hydrogens (tertiary/aromatic N) is 5. The normalized spacial score (nSPS) is 11.0. The average molecular weight is 397 g/mol. The van der Waals surface area contributed by atoms with Crippen LogP contribution in [0.3, 0.4) is 0 Å². The van der Waals surface area contributed by atoms with Crippen molar-refractivity contribution in [2.75, 3.05) is 5.75 Å². The number of nitro groups is 1. The van der Waals surface area contributed by atoms with Crippen LogP contribution in [0.15, 0.2) is 59.1 Å².